The predicted molar refractivity (Wildman–Crippen MR) is 69.6 cm³/mol. The topological polar surface area (TPSA) is 81.2 Å². The van der Waals surface area contributed by atoms with E-state index in [0.29, 0.717) is 12.0 Å². The van der Waals surface area contributed by atoms with E-state index < -0.39 is 17.2 Å². The number of ether oxygens (including phenoxy) is 1. The summed E-state index contributed by atoms with van der Waals surface area (Å²) in [5.41, 5.74) is -0.802. The molecule has 0 fully saturated rings. The van der Waals surface area contributed by atoms with Crippen LogP contribution in [0.25, 0.3) is 0 Å². The van der Waals surface area contributed by atoms with Gasteiger partial charge in [-0.3, -0.25) is 9.97 Å². The van der Waals surface area contributed by atoms with E-state index in [-0.39, 0.29) is 0 Å². The predicted octanol–water partition coefficient (Wildman–Crippen LogP) is 1.72. The van der Waals surface area contributed by atoms with Crippen molar-refractivity contribution in [2.45, 2.75) is 45.8 Å². The van der Waals surface area contributed by atoms with Crippen molar-refractivity contribution < 1.29 is 14.3 Å². The molecular weight excluding hydrogens is 246 g/mol. The fraction of sp³-hybridized carbons (Fsp3) is 0.538. The van der Waals surface area contributed by atoms with Crippen LogP contribution in [0.15, 0.2) is 12.4 Å². The summed E-state index contributed by atoms with van der Waals surface area (Å²) in [5.74, 6) is 0. The minimum Gasteiger partial charge on any atom is -0.444 e. The Balaban J connectivity index is 2.89. The molecule has 0 radical (unpaired) electrons. The molecule has 0 aliphatic rings. The number of carbonyl (C=O) groups is 2. The molecule has 1 N–H and O–H groups in total. The Hall–Kier alpha value is -1.98. The third kappa shape index (κ3) is 4.31. The highest BCUT2D eigenvalue weighted by molar-refractivity contribution is 5.77. The molecule has 0 aliphatic carbocycles. The summed E-state index contributed by atoms with van der Waals surface area (Å²) < 4.78 is 5.12. The van der Waals surface area contributed by atoms with E-state index in [1.807, 2.05) is 0 Å². The van der Waals surface area contributed by atoms with Crippen LogP contribution in [0.4, 0.5) is 4.79 Å². The number of aldehydes is 1. The van der Waals surface area contributed by atoms with Gasteiger partial charge >= 0.3 is 6.09 Å². The zero-order chi connectivity index (χ0) is 14.7. The van der Waals surface area contributed by atoms with Gasteiger partial charge in [0.1, 0.15) is 11.1 Å². The molecule has 0 aliphatic heterocycles. The van der Waals surface area contributed by atoms with Crippen LogP contribution in [0.5, 0.6) is 0 Å². The van der Waals surface area contributed by atoms with Gasteiger partial charge < -0.3 is 14.8 Å². The molecular formula is C13H19N3O3. The average molecular weight is 265 g/mol. The molecule has 0 bridgehead atoms. The first-order valence-corrected chi connectivity index (χ1v) is 5.93. The summed E-state index contributed by atoms with van der Waals surface area (Å²) in [4.78, 5) is 31.2. The molecule has 1 heterocycles. The molecule has 0 aromatic carbocycles. The van der Waals surface area contributed by atoms with Gasteiger partial charge in [-0.05, 0) is 34.6 Å². The van der Waals surface area contributed by atoms with Gasteiger partial charge in [0.05, 0.1) is 17.6 Å². The van der Waals surface area contributed by atoms with Crippen molar-refractivity contribution in [1.82, 2.24) is 15.3 Å². The summed E-state index contributed by atoms with van der Waals surface area (Å²) in [7, 11) is 0. The monoisotopic (exact) mass is 265 g/mol. The van der Waals surface area contributed by atoms with Gasteiger partial charge in [0.25, 0.3) is 0 Å². The lowest BCUT2D eigenvalue weighted by Gasteiger charge is -2.26. The van der Waals surface area contributed by atoms with E-state index in [1.54, 1.807) is 34.6 Å². The molecule has 1 aromatic heterocycles. The van der Waals surface area contributed by atoms with Gasteiger partial charge in [-0.25, -0.2) is 4.79 Å². The molecule has 0 saturated carbocycles. The lowest BCUT2D eigenvalue weighted by Crippen LogP contribution is -2.47. The van der Waals surface area contributed by atoms with Crippen molar-refractivity contribution in [3.05, 3.63) is 23.8 Å². The summed E-state index contributed by atoms with van der Waals surface area (Å²) in [6.45, 7) is 8.57. The molecule has 0 spiro atoms. The first-order valence-electron chi connectivity index (χ1n) is 5.93. The SMILES string of the molecule is Cc1cnc(C(C)(C=O)NC(=O)OC(C)(C)C)cn1. The third-order valence-electron chi connectivity index (χ3n) is 2.31. The lowest BCUT2D eigenvalue weighted by molar-refractivity contribution is -0.113. The van der Waals surface area contributed by atoms with Crippen LogP contribution in [-0.4, -0.2) is 27.9 Å². The largest absolute Gasteiger partial charge is 0.444 e. The van der Waals surface area contributed by atoms with Crippen molar-refractivity contribution in [2.24, 2.45) is 0 Å². The maximum atomic E-state index is 11.7. The van der Waals surface area contributed by atoms with Gasteiger partial charge in [-0.15, -0.1) is 0 Å². The van der Waals surface area contributed by atoms with Crippen molar-refractivity contribution in [2.75, 3.05) is 0 Å². The van der Waals surface area contributed by atoms with Crippen LogP contribution in [0.2, 0.25) is 0 Å². The number of alkyl carbamates (subject to hydrolysis) is 1. The third-order valence-corrected chi connectivity index (χ3v) is 2.31. The number of aryl methyl sites for hydroxylation is 1. The van der Waals surface area contributed by atoms with E-state index in [1.165, 1.54) is 12.4 Å². The van der Waals surface area contributed by atoms with Crippen molar-refractivity contribution in [3.63, 3.8) is 0 Å². The van der Waals surface area contributed by atoms with Crippen LogP contribution in [0.1, 0.15) is 39.1 Å². The van der Waals surface area contributed by atoms with Gasteiger partial charge in [0.15, 0.2) is 6.29 Å². The molecule has 6 nitrogen and oxygen atoms in total. The van der Waals surface area contributed by atoms with Crippen molar-refractivity contribution in [3.8, 4) is 0 Å². The highest BCUT2D eigenvalue weighted by Crippen LogP contribution is 2.16. The fourth-order valence-corrected chi connectivity index (χ4v) is 1.33. The molecule has 1 amide bonds. The van der Waals surface area contributed by atoms with Crippen LogP contribution in [0, 0.1) is 6.92 Å². The van der Waals surface area contributed by atoms with Gasteiger partial charge in [0.2, 0.25) is 0 Å². The summed E-state index contributed by atoms with van der Waals surface area (Å²) >= 11 is 0. The molecule has 1 atom stereocenters. The number of hydrogen-bond donors (Lipinski definition) is 1. The number of hydrogen-bond acceptors (Lipinski definition) is 5. The fourth-order valence-electron chi connectivity index (χ4n) is 1.33. The summed E-state index contributed by atoms with van der Waals surface area (Å²) in [5, 5.41) is 2.50. The minimum atomic E-state index is -1.26. The molecule has 0 saturated heterocycles. The molecule has 6 heteroatoms. The van der Waals surface area contributed by atoms with E-state index in [2.05, 4.69) is 15.3 Å². The number of aromatic nitrogens is 2. The first-order chi connectivity index (χ1) is 8.66. The van der Waals surface area contributed by atoms with Crippen molar-refractivity contribution in [1.29, 1.82) is 0 Å². The van der Waals surface area contributed by atoms with Crippen LogP contribution < -0.4 is 5.32 Å². The summed E-state index contributed by atoms with van der Waals surface area (Å²) in [6, 6.07) is 0. The van der Waals surface area contributed by atoms with Crippen LogP contribution in [-0.2, 0) is 15.1 Å². The smallest absolute Gasteiger partial charge is 0.408 e. The highest BCUT2D eigenvalue weighted by atomic mass is 16.6. The maximum absolute atomic E-state index is 11.7. The van der Waals surface area contributed by atoms with E-state index in [4.69, 9.17) is 4.74 Å². The van der Waals surface area contributed by atoms with E-state index in [9.17, 15) is 9.59 Å². The second-order valence-corrected chi connectivity index (χ2v) is 5.49. The zero-order valence-electron chi connectivity index (χ0n) is 11.9. The number of rotatable bonds is 3. The number of nitrogens with zero attached hydrogens (tertiary/aromatic N) is 2. The quantitative estimate of drug-likeness (QED) is 0.842. The second kappa shape index (κ2) is 5.34. The molecule has 1 aromatic rings. The normalized spacial score (nSPS) is 14.4. The van der Waals surface area contributed by atoms with E-state index >= 15 is 0 Å². The number of carbonyl (C=O) groups excluding carboxylic acids is 2. The molecule has 104 valence electrons. The first kappa shape index (κ1) is 15.1. The minimum absolute atomic E-state index is 0.360. The molecule has 1 unspecified atom stereocenters. The van der Waals surface area contributed by atoms with Gasteiger partial charge in [-0.1, -0.05) is 0 Å². The lowest BCUT2D eigenvalue weighted by atomic mass is 10.0. The van der Waals surface area contributed by atoms with Gasteiger partial charge in [-0.2, -0.15) is 0 Å². The summed E-state index contributed by atoms with van der Waals surface area (Å²) in [6.07, 6.45) is 2.93. The Morgan fingerprint density at radius 2 is 1.89 bits per heavy atom. The highest BCUT2D eigenvalue weighted by Gasteiger charge is 2.32. The standard InChI is InChI=1S/C13H19N3O3/c1-9-6-15-10(7-14-9)13(5,8-17)16-11(18)19-12(2,3)4/h6-8H,1-5H3,(H,16,18). The van der Waals surface area contributed by atoms with Gasteiger partial charge in [0, 0.05) is 6.20 Å². The molecule has 19 heavy (non-hydrogen) atoms. The zero-order valence-corrected chi connectivity index (χ0v) is 11.9. The molecule has 1 rings (SSSR count). The average Bonchev–Trinajstić information content (AvgIpc) is 2.26. The maximum Gasteiger partial charge on any atom is 0.408 e. The second-order valence-electron chi connectivity index (χ2n) is 5.49. The number of nitrogens with one attached hydrogen (secondary N) is 1. The Labute approximate surface area is 112 Å². The van der Waals surface area contributed by atoms with Crippen molar-refractivity contribution >= 4 is 12.4 Å². The van der Waals surface area contributed by atoms with E-state index in [0.717, 1.165) is 5.69 Å². The number of amides is 1. The van der Waals surface area contributed by atoms with Crippen LogP contribution in [0.3, 0.4) is 0 Å². The Bertz CT molecular complexity index is 465. The Morgan fingerprint density at radius 1 is 1.26 bits per heavy atom. The Kier molecular flexibility index (Phi) is 4.24. The Morgan fingerprint density at radius 3 is 2.32 bits per heavy atom. The van der Waals surface area contributed by atoms with Crippen LogP contribution >= 0.6 is 0 Å².